The number of carboxylic acids is 1. The summed E-state index contributed by atoms with van der Waals surface area (Å²) in [7, 11) is 1.40. The molecule has 2 N–H and O–H groups in total. The Balaban J connectivity index is 0.00000338. The topological polar surface area (TPSA) is 122 Å². The zero-order chi connectivity index (χ0) is 18.4. The number of methoxy groups -OCH3 is 1. The molecule has 1 heterocycles. The summed E-state index contributed by atoms with van der Waals surface area (Å²) in [5.74, 6) is -0.908. The van der Waals surface area contributed by atoms with Gasteiger partial charge < -0.3 is 15.2 Å². The van der Waals surface area contributed by atoms with Crippen molar-refractivity contribution in [3.8, 4) is 5.75 Å². The lowest BCUT2D eigenvalue weighted by atomic mass is 10.0. The molecule has 0 saturated carbocycles. The van der Waals surface area contributed by atoms with E-state index >= 15 is 0 Å². The number of nitrogens with one attached hydrogen (secondary N) is 1. The molecule has 0 aliphatic carbocycles. The fourth-order valence-corrected chi connectivity index (χ4v) is 2.90. The van der Waals surface area contributed by atoms with Gasteiger partial charge in [0.05, 0.1) is 17.7 Å². The molecular weight excluding hydrogens is 366 g/mol. The lowest BCUT2D eigenvalue weighted by molar-refractivity contribution is -0.384. The number of amides is 1. The number of piperidine rings is 1. The number of rotatable bonds is 7. The zero-order valence-corrected chi connectivity index (χ0v) is 15.2. The van der Waals surface area contributed by atoms with Crippen LogP contribution in [0.5, 0.6) is 5.75 Å². The number of hydrogen-bond donors (Lipinski definition) is 2. The number of anilines is 1. The van der Waals surface area contributed by atoms with Gasteiger partial charge in [-0.25, -0.2) is 0 Å². The van der Waals surface area contributed by atoms with Crippen LogP contribution in [0.3, 0.4) is 0 Å². The second kappa shape index (κ2) is 9.93. The van der Waals surface area contributed by atoms with Gasteiger partial charge in [0.1, 0.15) is 11.8 Å². The van der Waals surface area contributed by atoms with Gasteiger partial charge in [-0.15, -0.1) is 12.4 Å². The maximum absolute atomic E-state index is 12.2. The number of nitro benzene ring substituents is 1. The molecule has 144 valence electrons. The van der Waals surface area contributed by atoms with E-state index in [9.17, 15) is 24.8 Å². The van der Waals surface area contributed by atoms with Crippen molar-refractivity contribution in [2.45, 2.75) is 31.7 Å². The molecule has 1 aliphatic rings. The maximum Gasteiger partial charge on any atom is 0.320 e. The second-order valence-electron chi connectivity index (χ2n) is 5.83. The molecule has 26 heavy (non-hydrogen) atoms. The van der Waals surface area contributed by atoms with Crippen molar-refractivity contribution in [3.05, 3.63) is 28.3 Å². The van der Waals surface area contributed by atoms with E-state index in [4.69, 9.17) is 4.74 Å². The van der Waals surface area contributed by atoms with Gasteiger partial charge in [-0.1, -0.05) is 6.42 Å². The number of ether oxygens (including phenoxy) is 1. The first-order valence-electron chi connectivity index (χ1n) is 8.01. The molecule has 1 atom stereocenters. The number of benzene rings is 1. The van der Waals surface area contributed by atoms with Crippen LogP contribution in [0.25, 0.3) is 0 Å². The van der Waals surface area contributed by atoms with Crippen LogP contribution >= 0.6 is 12.4 Å². The number of hydrogen-bond acceptors (Lipinski definition) is 6. The summed E-state index contributed by atoms with van der Waals surface area (Å²) >= 11 is 0. The van der Waals surface area contributed by atoms with Gasteiger partial charge in [0.15, 0.2) is 0 Å². The van der Waals surface area contributed by atoms with Crippen LogP contribution in [0.15, 0.2) is 18.2 Å². The van der Waals surface area contributed by atoms with Crippen molar-refractivity contribution in [2.75, 3.05) is 25.5 Å². The molecule has 0 spiro atoms. The fraction of sp³-hybridized carbons (Fsp3) is 0.500. The summed E-state index contributed by atoms with van der Waals surface area (Å²) in [6, 6.07) is 3.38. The van der Waals surface area contributed by atoms with Crippen LogP contribution in [-0.4, -0.2) is 53.0 Å². The number of non-ortho nitro benzene ring substituents is 1. The van der Waals surface area contributed by atoms with E-state index in [-0.39, 0.29) is 36.1 Å². The molecule has 1 aromatic rings. The first-order chi connectivity index (χ1) is 11.9. The van der Waals surface area contributed by atoms with E-state index in [1.807, 2.05) is 0 Å². The van der Waals surface area contributed by atoms with Crippen LogP contribution in [-0.2, 0) is 9.59 Å². The van der Waals surface area contributed by atoms with Gasteiger partial charge in [-0.2, -0.15) is 0 Å². The number of likely N-dealkylation sites (tertiary alicyclic amines) is 1. The number of nitrogens with zero attached hydrogens (tertiary/aromatic N) is 2. The predicted octanol–water partition coefficient (Wildman–Crippen LogP) is 2.29. The number of carbonyl (C=O) groups is 2. The van der Waals surface area contributed by atoms with Crippen molar-refractivity contribution in [2.24, 2.45) is 0 Å². The van der Waals surface area contributed by atoms with E-state index in [1.54, 1.807) is 4.90 Å². The molecule has 1 fully saturated rings. The normalized spacial score (nSPS) is 17.0. The van der Waals surface area contributed by atoms with Crippen molar-refractivity contribution >= 4 is 35.7 Å². The number of nitro groups is 1. The smallest absolute Gasteiger partial charge is 0.320 e. The minimum Gasteiger partial charge on any atom is -0.495 e. The average Bonchev–Trinajstić information content (AvgIpc) is 2.60. The monoisotopic (exact) mass is 387 g/mol. The van der Waals surface area contributed by atoms with E-state index < -0.39 is 16.9 Å². The molecule has 2 rings (SSSR count). The Morgan fingerprint density at radius 1 is 1.42 bits per heavy atom. The second-order valence-corrected chi connectivity index (χ2v) is 5.83. The Hall–Kier alpha value is -2.39. The molecular formula is C16H22ClN3O6. The minimum atomic E-state index is -0.875. The molecule has 9 nitrogen and oxygen atoms in total. The summed E-state index contributed by atoms with van der Waals surface area (Å²) in [6.07, 6.45) is 2.44. The first-order valence-corrected chi connectivity index (χ1v) is 8.01. The van der Waals surface area contributed by atoms with Crippen LogP contribution in [0.4, 0.5) is 11.4 Å². The molecule has 0 radical (unpaired) electrons. The van der Waals surface area contributed by atoms with E-state index in [1.165, 1.54) is 25.3 Å². The SMILES string of the molecule is COc1ccc([N+](=O)[O-])cc1NC(=O)CCN1CCCCC1C(=O)O.Cl. The molecule has 1 aromatic carbocycles. The molecule has 10 heteroatoms. The lowest BCUT2D eigenvalue weighted by Crippen LogP contribution is -2.45. The molecule has 1 aliphatic heterocycles. The van der Waals surface area contributed by atoms with Gasteiger partial charge in [0.2, 0.25) is 5.91 Å². The quantitative estimate of drug-likeness (QED) is 0.543. The van der Waals surface area contributed by atoms with E-state index in [0.717, 1.165) is 12.8 Å². The van der Waals surface area contributed by atoms with Gasteiger partial charge in [-0.3, -0.25) is 24.6 Å². The Labute approximate surface area is 156 Å². The van der Waals surface area contributed by atoms with E-state index in [2.05, 4.69) is 5.32 Å². The Morgan fingerprint density at radius 2 is 2.15 bits per heavy atom. The van der Waals surface area contributed by atoms with Crippen molar-refractivity contribution in [1.29, 1.82) is 0 Å². The number of carbonyl (C=O) groups excluding carboxylic acids is 1. The Morgan fingerprint density at radius 3 is 2.77 bits per heavy atom. The predicted molar refractivity (Wildman–Crippen MR) is 97.0 cm³/mol. The summed E-state index contributed by atoms with van der Waals surface area (Å²) in [5.41, 5.74) is 0.0631. The highest BCUT2D eigenvalue weighted by atomic mass is 35.5. The van der Waals surface area contributed by atoms with Gasteiger partial charge in [-0.05, 0) is 25.5 Å². The Bertz CT molecular complexity index is 669. The highest BCUT2D eigenvalue weighted by Crippen LogP contribution is 2.29. The van der Waals surface area contributed by atoms with Crippen LogP contribution in [0.2, 0.25) is 0 Å². The number of halogens is 1. The van der Waals surface area contributed by atoms with Gasteiger partial charge >= 0.3 is 5.97 Å². The third-order valence-corrected chi connectivity index (χ3v) is 4.19. The minimum absolute atomic E-state index is 0. The van der Waals surface area contributed by atoms with E-state index in [0.29, 0.717) is 25.3 Å². The Kier molecular flexibility index (Phi) is 8.27. The third kappa shape index (κ3) is 5.57. The van der Waals surface area contributed by atoms with Gasteiger partial charge in [0.25, 0.3) is 5.69 Å². The summed E-state index contributed by atoms with van der Waals surface area (Å²) in [6.45, 7) is 0.963. The average molecular weight is 388 g/mol. The molecule has 1 amide bonds. The van der Waals surface area contributed by atoms with Crippen molar-refractivity contribution in [3.63, 3.8) is 0 Å². The standard InChI is InChI=1S/C16H21N3O6.ClH/c1-25-14-6-5-11(19(23)24)10-12(14)17-15(20)7-9-18-8-3-2-4-13(18)16(21)22;/h5-6,10,13H,2-4,7-9H2,1H3,(H,17,20)(H,21,22);1H. The van der Waals surface area contributed by atoms with Crippen LogP contribution < -0.4 is 10.1 Å². The van der Waals surface area contributed by atoms with Crippen molar-refractivity contribution in [1.82, 2.24) is 4.90 Å². The number of aliphatic carboxylic acids is 1. The highest BCUT2D eigenvalue weighted by Gasteiger charge is 2.28. The zero-order valence-electron chi connectivity index (χ0n) is 14.3. The lowest BCUT2D eigenvalue weighted by Gasteiger charge is -2.32. The number of carboxylic acid groups (broad SMARTS) is 1. The molecule has 0 bridgehead atoms. The van der Waals surface area contributed by atoms with Crippen molar-refractivity contribution < 1.29 is 24.4 Å². The third-order valence-electron chi connectivity index (χ3n) is 4.19. The summed E-state index contributed by atoms with van der Waals surface area (Å²) < 4.78 is 5.10. The molecule has 1 saturated heterocycles. The summed E-state index contributed by atoms with van der Waals surface area (Å²) in [5, 5.41) is 22.7. The summed E-state index contributed by atoms with van der Waals surface area (Å²) in [4.78, 5) is 35.5. The molecule has 0 aromatic heterocycles. The maximum atomic E-state index is 12.2. The van der Waals surface area contributed by atoms with Crippen LogP contribution in [0.1, 0.15) is 25.7 Å². The fourth-order valence-electron chi connectivity index (χ4n) is 2.90. The van der Waals surface area contributed by atoms with Gasteiger partial charge in [0, 0.05) is 25.1 Å². The van der Waals surface area contributed by atoms with Crippen LogP contribution in [0, 0.1) is 10.1 Å². The first kappa shape index (κ1) is 21.7. The highest BCUT2D eigenvalue weighted by molar-refractivity contribution is 5.92. The molecule has 1 unspecified atom stereocenters. The largest absolute Gasteiger partial charge is 0.495 e.